The van der Waals surface area contributed by atoms with Crippen molar-refractivity contribution < 1.29 is 14.5 Å². The topological polar surface area (TPSA) is 114 Å². The van der Waals surface area contributed by atoms with Crippen molar-refractivity contribution in [1.82, 2.24) is 10.5 Å². The molecule has 0 atom stereocenters. The normalized spacial score (nSPS) is 12.5. The fraction of sp³-hybridized carbons (Fsp3) is 0.375. The summed E-state index contributed by atoms with van der Waals surface area (Å²) >= 11 is 0. The van der Waals surface area contributed by atoms with Crippen LogP contribution in [0.2, 0.25) is 0 Å². The number of amidine groups is 1. The minimum Gasteiger partial charge on any atom is -0.409 e. The van der Waals surface area contributed by atoms with Crippen LogP contribution in [0.15, 0.2) is 22.0 Å². The van der Waals surface area contributed by atoms with Crippen LogP contribution in [0.25, 0.3) is 0 Å². The number of amides is 1. The Morgan fingerprint density at radius 2 is 2.40 bits per heavy atom. The fourth-order valence-electron chi connectivity index (χ4n) is 0.867. The third-order valence-electron chi connectivity index (χ3n) is 1.84. The minimum atomic E-state index is -0.954. The number of aromatic nitrogens is 1. The highest BCUT2D eigenvalue weighted by atomic mass is 16.5. The molecular formula is C8H12N4O3. The number of nitrogens with two attached hydrogens (primary N) is 1. The molecular weight excluding hydrogens is 200 g/mol. The Labute approximate surface area is 85.9 Å². The Kier molecular flexibility index (Phi) is 2.93. The maximum atomic E-state index is 11.5. The second-order valence-electron chi connectivity index (χ2n) is 3.45. The van der Waals surface area contributed by atoms with Crippen LogP contribution in [-0.2, 0) is 0 Å². The molecule has 0 saturated carbocycles. The Morgan fingerprint density at radius 1 is 1.73 bits per heavy atom. The maximum absolute atomic E-state index is 11.5. The molecule has 4 N–H and O–H groups in total. The third-order valence-corrected chi connectivity index (χ3v) is 1.84. The summed E-state index contributed by atoms with van der Waals surface area (Å²) in [6, 6.07) is 1.41. The molecule has 1 amide bonds. The molecule has 1 rings (SSSR count). The Bertz CT molecular complexity index is 369. The van der Waals surface area contributed by atoms with Gasteiger partial charge in [-0.3, -0.25) is 4.79 Å². The molecule has 0 aliphatic heterocycles. The first-order valence-corrected chi connectivity index (χ1v) is 4.18. The van der Waals surface area contributed by atoms with Gasteiger partial charge in [0.2, 0.25) is 0 Å². The van der Waals surface area contributed by atoms with Gasteiger partial charge in [0, 0.05) is 6.07 Å². The fourth-order valence-corrected chi connectivity index (χ4v) is 0.867. The number of oxime groups is 1. The Morgan fingerprint density at radius 3 is 2.87 bits per heavy atom. The largest absolute Gasteiger partial charge is 0.409 e. The van der Waals surface area contributed by atoms with E-state index in [1.165, 1.54) is 12.3 Å². The molecule has 7 heteroatoms. The van der Waals surface area contributed by atoms with Crippen molar-refractivity contribution in [2.75, 3.05) is 0 Å². The summed E-state index contributed by atoms with van der Waals surface area (Å²) in [6.45, 7) is 3.19. The van der Waals surface area contributed by atoms with Crippen LogP contribution in [0, 0.1) is 0 Å². The highest BCUT2D eigenvalue weighted by Gasteiger charge is 2.27. The molecule has 0 saturated heterocycles. The monoisotopic (exact) mass is 212 g/mol. The lowest BCUT2D eigenvalue weighted by Crippen LogP contribution is -2.53. The zero-order valence-electron chi connectivity index (χ0n) is 8.39. The number of carbonyl (C=O) groups excluding carboxylic acids is 1. The number of nitrogens with one attached hydrogen (secondary N) is 1. The van der Waals surface area contributed by atoms with Crippen LogP contribution in [0.1, 0.15) is 24.3 Å². The van der Waals surface area contributed by atoms with Crippen LogP contribution in [-0.4, -0.2) is 27.6 Å². The lowest BCUT2D eigenvalue weighted by Gasteiger charge is -2.23. The molecule has 0 aliphatic rings. The summed E-state index contributed by atoms with van der Waals surface area (Å²) in [5.74, 6) is -0.556. The number of carbonyl (C=O) groups is 1. The van der Waals surface area contributed by atoms with Crippen molar-refractivity contribution in [2.24, 2.45) is 10.9 Å². The van der Waals surface area contributed by atoms with E-state index in [1.54, 1.807) is 13.8 Å². The van der Waals surface area contributed by atoms with E-state index < -0.39 is 11.4 Å². The third kappa shape index (κ3) is 2.46. The van der Waals surface area contributed by atoms with Gasteiger partial charge in [-0.2, -0.15) is 0 Å². The molecule has 7 nitrogen and oxygen atoms in total. The summed E-state index contributed by atoms with van der Waals surface area (Å²) in [5.41, 5.74) is 4.57. The predicted molar refractivity (Wildman–Crippen MR) is 51.5 cm³/mol. The van der Waals surface area contributed by atoms with Crippen molar-refractivity contribution in [3.63, 3.8) is 0 Å². The molecule has 82 valence electrons. The Balaban J connectivity index is 2.75. The second kappa shape index (κ2) is 3.99. The highest BCUT2D eigenvalue weighted by Crippen LogP contribution is 2.04. The van der Waals surface area contributed by atoms with Gasteiger partial charge < -0.3 is 20.8 Å². The van der Waals surface area contributed by atoms with Gasteiger partial charge in [0.05, 0.1) is 5.54 Å². The van der Waals surface area contributed by atoms with Crippen molar-refractivity contribution in [2.45, 2.75) is 19.4 Å². The molecule has 0 spiro atoms. The smallest absolute Gasteiger partial charge is 0.274 e. The van der Waals surface area contributed by atoms with E-state index in [1.807, 2.05) is 0 Å². The Hall–Kier alpha value is -2.05. The molecule has 0 fully saturated rings. The van der Waals surface area contributed by atoms with Crippen LogP contribution >= 0.6 is 0 Å². The highest BCUT2D eigenvalue weighted by molar-refractivity contribution is 5.98. The van der Waals surface area contributed by atoms with E-state index >= 15 is 0 Å². The van der Waals surface area contributed by atoms with E-state index in [0.29, 0.717) is 0 Å². The lowest BCUT2D eigenvalue weighted by atomic mass is 10.0. The van der Waals surface area contributed by atoms with Crippen LogP contribution in [0.5, 0.6) is 0 Å². The number of hydrogen-bond donors (Lipinski definition) is 3. The van der Waals surface area contributed by atoms with Gasteiger partial charge in [0.15, 0.2) is 11.5 Å². The van der Waals surface area contributed by atoms with E-state index in [-0.39, 0.29) is 11.5 Å². The van der Waals surface area contributed by atoms with Crippen molar-refractivity contribution in [1.29, 1.82) is 0 Å². The molecule has 0 aromatic carbocycles. The summed E-state index contributed by atoms with van der Waals surface area (Å²) in [4.78, 5) is 11.5. The molecule has 0 radical (unpaired) electrons. The summed E-state index contributed by atoms with van der Waals surface area (Å²) in [5, 5.41) is 17.3. The first-order chi connectivity index (χ1) is 6.97. The van der Waals surface area contributed by atoms with Gasteiger partial charge in [-0.25, -0.2) is 0 Å². The summed E-state index contributed by atoms with van der Waals surface area (Å²) in [7, 11) is 0. The molecule has 1 heterocycles. The molecule has 1 aromatic heterocycles. The van der Waals surface area contributed by atoms with Crippen LogP contribution in [0.4, 0.5) is 0 Å². The van der Waals surface area contributed by atoms with Crippen molar-refractivity contribution in [3.8, 4) is 0 Å². The van der Waals surface area contributed by atoms with Gasteiger partial charge in [0.1, 0.15) is 6.26 Å². The zero-order valence-corrected chi connectivity index (χ0v) is 8.39. The van der Waals surface area contributed by atoms with Gasteiger partial charge in [-0.05, 0) is 13.8 Å². The first-order valence-electron chi connectivity index (χ1n) is 4.18. The van der Waals surface area contributed by atoms with E-state index in [2.05, 4.69) is 20.2 Å². The molecule has 1 aromatic rings. The van der Waals surface area contributed by atoms with E-state index in [4.69, 9.17) is 10.9 Å². The quantitative estimate of drug-likeness (QED) is 0.281. The molecule has 15 heavy (non-hydrogen) atoms. The molecule has 0 unspecified atom stereocenters. The second-order valence-corrected chi connectivity index (χ2v) is 3.45. The number of nitrogens with zero attached hydrogens (tertiary/aromatic N) is 2. The molecule has 0 aliphatic carbocycles. The first kappa shape index (κ1) is 11.0. The lowest BCUT2D eigenvalue weighted by molar-refractivity contribution is 0.0921. The van der Waals surface area contributed by atoms with Crippen molar-refractivity contribution in [3.05, 3.63) is 18.0 Å². The average molecular weight is 212 g/mol. The van der Waals surface area contributed by atoms with Gasteiger partial charge in [0.25, 0.3) is 5.91 Å². The van der Waals surface area contributed by atoms with Crippen LogP contribution in [0.3, 0.4) is 0 Å². The SMILES string of the molecule is CC(C)(NC(=O)c1ccon1)C(N)=NO. The standard InChI is InChI=1S/C8H12N4O3/c1-8(2,7(9)11-14)10-6(13)5-3-4-15-12-5/h3-4,14H,1-2H3,(H2,9,11)(H,10,13). The summed E-state index contributed by atoms with van der Waals surface area (Å²) < 4.78 is 4.52. The van der Waals surface area contributed by atoms with Gasteiger partial charge in [-0.1, -0.05) is 10.3 Å². The number of hydrogen-bond acceptors (Lipinski definition) is 5. The predicted octanol–water partition coefficient (Wildman–Crippen LogP) is -0.0706. The maximum Gasteiger partial charge on any atom is 0.274 e. The van der Waals surface area contributed by atoms with Crippen molar-refractivity contribution >= 4 is 11.7 Å². The zero-order chi connectivity index (χ0) is 11.5. The van der Waals surface area contributed by atoms with E-state index in [9.17, 15) is 4.79 Å². The number of rotatable bonds is 3. The minimum absolute atomic E-state index is 0.0978. The van der Waals surface area contributed by atoms with Crippen LogP contribution < -0.4 is 11.1 Å². The average Bonchev–Trinajstić information content (AvgIpc) is 2.68. The summed E-state index contributed by atoms with van der Waals surface area (Å²) in [6.07, 6.45) is 1.28. The molecule has 0 bridgehead atoms. The van der Waals surface area contributed by atoms with Gasteiger partial charge >= 0.3 is 0 Å². The van der Waals surface area contributed by atoms with Gasteiger partial charge in [-0.15, -0.1) is 0 Å². The van der Waals surface area contributed by atoms with E-state index in [0.717, 1.165) is 0 Å².